The second kappa shape index (κ2) is 7.28. The lowest BCUT2D eigenvalue weighted by Crippen LogP contribution is -2.30. The van der Waals surface area contributed by atoms with Gasteiger partial charge in [0.2, 0.25) is 11.8 Å². The summed E-state index contributed by atoms with van der Waals surface area (Å²) in [6.45, 7) is 1.58. The first kappa shape index (κ1) is 17.0. The van der Waals surface area contributed by atoms with Gasteiger partial charge in [-0.25, -0.2) is 0 Å². The molecule has 0 aromatic heterocycles. The minimum Gasteiger partial charge on any atom is -0.481 e. The Bertz CT molecular complexity index is 742. The average molecular weight is 327 g/mol. The Balaban J connectivity index is 2.15. The van der Waals surface area contributed by atoms with Gasteiger partial charge in [0.25, 0.3) is 5.91 Å². The van der Waals surface area contributed by atoms with Crippen LogP contribution >= 0.6 is 0 Å². The molecule has 5 N–H and O–H groups in total. The summed E-state index contributed by atoms with van der Waals surface area (Å²) in [6.07, 6.45) is -0.790. The van der Waals surface area contributed by atoms with Gasteiger partial charge in [-0.1, -0.05) is 18.2 Å². The van der Waals surface area contributed by atoms with Gasteiger partial charge >= 0.3 is 0 Å². The molecule has 0 bridgehead atoms. The molecule has 3 amide bonds. The van der Waals surface area contributed by atoms with E-state index in [2.05, 4.69) is 5.32 Å². The highest BCUT2D eigenvalue weighted by atomic mass is 16.5. The third-order valence-corrected chi connectivity index (χ3v) is 3.19. The number of hydrogen-bond acceptors (Lipinski definition) is 4. The molecule has 0 heterocycles. The fourth-order valence-corrected chi connectivity index (χ4v) is 1.98. The molecule has 2 aromatic rings. The zero-order valence-corrected chi connectivity index (χ0v) is 13.0. The van der Waals surface area contributed by atoms with E-state index in [1.165, 1.54) is 18.2 Å². The molecule has 0 saturated carbocycles. The highest BCUT2D eigenvalue weighted by Gasteiger charge is 2.16. The van der Waals surface area contributed by atoms with Gasteiger partial charge in [0, 0.05) is 16.8 Å². The van der Waals surface area contributed by atoms with Gasteiger partial charge < -0.3 is 21.5 Å². The van der Waals surface area contributed by atoms with Crippen LogP contribution in [-0.2, 0) is 4.79 Å². The number of nitrogens with one attached hydrogen (secondary N) is 1. The fourth-order valence-electron chi connectivity index (χ4n) is 1.98. The van der Waals surface area contributed by atoms with E-state index in [0.29, 0.717) is 5.75 Å². The van der Waals surface area contributed by atoms with Crippen molar-refractivity contribution < 1.29 is 19.1 Å². The molecule has 7 heteroatoms. The van der Waals surface area contributed by atoms with Crippen LogP contribution < -0.4 is 21.5 Å². The summed E-state index contributed by atoms with van der Waals surface area (Å²) >= 11 is 0. The molecule has 0 radical (unpaired) electrons. The number of rotatable bonds is 6. The molecule has 0 aliphatic carbocycles. The maximum Gasteiger partial charge on any atom is 0.265 e. The van der Waals surface area contributed by atoms with Crippen LogP contribution in [0.15, 0.2) is 48.5 Å². The Morgan fingerprint density at radius 1 is 0.958 bits per heavy atom. The van der Waals surface area contributed by atoms with E-state index in [0.717, 1.165) is 0 Å². The van der Waals surface area contributed by atoms with Gasteiger partial charge in [-0.05, 0) is 37.3 Å². The molecule has 0 saturated heterocycles. The smallest absolute Gasteiger partial charge is 0.265 e. The van der Waals surface area contributed by atoms with E-state index >= 15 is 0 Å². The topological polar surface area (TPSA) is 125 Å². The Labute approximate surface area is 138 Å². The van der Waals surface area contributed by atoms with Crippen molar-refractivity contribution in [2.75, 3.05) is 5.32 Å². The Kier molecular flexibility index (Phi) is 5.16. The summed E-state index contributed by atoms with van der Waals surface area (Å²) in [5.41, 5.74) is 10.8. The van der Waals surface area contributed by atoms with E-state index in [1.54, 1.807) is 31.2 Å². The summed E-state index contributed by atoms with van der Waals surface area (Å²) < 4.78 is 5.51. The molecule has 24 heavy (non-hydrogen) atoms. The van der Waals surface area contributed by atoms with Gasteiger partial charge in [0.15, 0.2) is 6.10 Å². The third kappa shape index (κ3) is 4.33. The van der Waals surface area contributed by atoms with Crippen LogP contribution in [0.4, 0.5) is 5.69 Å². The van der Waals surface area contributed by atoms with Gasteiger partial charge in [-0.2, -0.15) is 0 Å². The van der Waals surface area contributed by atoms with Crippen LogP contribution in [-0.4, -0.2) is 23.8 Å². The zero-order chi connectivity index (χ0) is 17.7. The summed E-state index contributed by atoms with van der Waals surface area (Å²) in [5, 5.41) is 2.57. The molecule has 0 fully saturated rings. The monoisotopic (exact) mass is 327 g/mol. The third-order valence-electron chi connectivity index (χ3n) is 3.19. The van der Waals surface area contributed by atoms with Crippen molar-refractivity contribution >= 4 is 23.4 Å². The Hall–Kier alpha value is -3.35. The van der Waals surface area contributed by atoms with Gasteiger partial charge in [-0.3, -0.25) is 14.4 Å². The number of nitrogens with two attached hydrogens (primary N) is 2. The summed E-state index contributed by atoms with van der Waals surface area (Å²) in [4.78, 5) is 34.9. The van der Waals surface area contributed by atoms with Crippen molar-refractivity contribution in [3.63, 3.8) is 0 Å². The molecule has 1 unspecified atom stereocenters. The van der Waals surface area contributed by atoms with Crippen LogP contribution in [0.5, 0.6) is 5.75 Å². The van der Waals surface area contributed by atoms with Crippen LogP contribution in [0, 0.1) is 0 Å². The van der Waals surface area contributed by atoms with E-state index in [9.17, 15) is 14.4 Å². The van der Waals surface area contributed by atoms with Crippen molar-refractivity contribution in [2.24, 2.45) is 11.5 Å². The first-order chi connectivity index (χ1) is 11.4. The largest absolute Gasteiger partial charge is 0.481 e. The van der Waals surface area contributed by atoms with E-state index in [-0.39, 0.29) is 16.8 Å². The fraction of sp³-hybridized carbons (Fsp3) is 0.118. The first-order valence-electron chi connectivity index (χ1n) is 7.14. The van der Waals surface area contributed by atoms with Crippen molar-refractivity contribution in [1.29, 1.82) is 0 Å². The number of amides is 3. The molecule has 124 valence electrons. The Morgan fingerprint density at radius 3 is 2.00 bits per heavy atom. The number of para-hydroxylation sites is 1. The number of ether oxygens (including phenoxy) is 1. The van der Waals surface area contributed by atoms with Crippen LogP contribution in [0.2, 0.25) is 0 Å². The van der Waals surface area contributed by atoms with Crippen molar-refractivity contribution in [2.45, 2.75) is 13.0 Å². The summed E-state index contributed by atoms with van der Waals surface area (Å²) in [5.74, 6) is -1.37. The van der Waals surface area contributed by atoms with Crippen molar-refractivity contribution in [1.82, 2.24) is 0 Å². The molecule has 2 aromatic carbocycles. The highest BCUT2D eigenvalue weighted by Crippen LogP contribution is 2.16. The minimum absolute atomic E-state index is 0.0678. The van der Waals surface area contributed by atoms with Crippen molar-refractivity contribution in [3.8, 4) is 5.75 Å². The second-order valence-electron chi connectivity index (χ2n) is 5.09. The SMILES string of the molecule is CC(Oc1ccccc1)C(=O)Nc1cc(C(N)=O)cc(C(N)=O)c1. The summed E-state index contributed by atoms with van der Waals surface area (Å²) in [7, 11) is 0. The van der Waals surface area contributed by atoms with Gasteiger partial charge in [-0.15, -0.1) is 0 Å². The molecule has 0 aliphatic heterocycles. The summed E-state index contributed by atoms with van der Waals surface area (Å²) in [6, 6.07) is 12.8. The molecule has 1 atom stereocenters. The van der Waals surface area contributed by atoms with E-state index in [4.69, 9.17) is 16.2 Å². The minimum atomic E-state index is -0.790. The molecular formula is C17H17N3O4. The molecule has 0 aliphatic rings. The maximum atomic E-state index is 12.2. The standard InChI is InChI=1S/C17H17N3O4/c1-10(24-14-5-3-2-4-6-14)17(23)20-13-8-11(15(18)21)7-12(9-13)16(19)22/h2-10H,1H3,(H2,18,21)(H2,19,22)(H,20,23). The molecular weight excluding hydrogens is 310 g/mol. The molecule has 2 rings (SSSR count). The highest BCUT2D eigenvalue weighted by molar-refractivity contribution is 6.02. The second-order valence-corrected chi connectivity index (χ2v) is 5.09. The average Bonchev–Trinajstić information content (AvgIpc) is 2.55. The van der Waals surface area contributed by atoms with Gasteiger partial charge in [0.1, 0.15) is 5.75 Å². The van der Waals surface area contributed by atoms with Gasteiger partial charge in [0.05, 0.1) is 0 Å². The number of hydrogen-bond donors (Lipinski definition) is 3. The van der Waals surface area contributed by atoms with Crippen LogP contribution in [0.3, 0.4) is 0 Å². The van der Waals surface area contributed by atoms with E-state index < -0.39 is 23.8 Å². The van der Waals surface area contributed by atoms with Crippen molar-refractivity contribution in [3.05, 3.63) is 59.7 Å². The Morgan fingerprint density at radius 2 is 1.50 bits per heavy atom. The first-order valence-corrected chi connectivity index (χ1v) is 7.14. The molecule has 7 nitrogen and oxygen atoms in total. The number of benzene rings is 2. The lowest BCUT2D eigenvalue weighted by atomic mass is 10.1. The zero-order valence-electron chi connectivity index (χ0n) is 13.0. The lowest BCUT2D eigenvalue weighted by Gasteiger charge is -2.15. The number of carbonyl (C=O) groups excluding carboxylic acids is 3. The number of carbonyl (C=O) groups is 3. The molecule has 0 spiro atoms. The predicted octanol–water partition coefficient (Wildman–Crippen LogP) is 1.29. The van der Waals surface area contributed by atoms with Crippen LogP contribution in [0.1, 0.15) is 27.6 Å². The number of primary amides is 2. The normalized spacial score (nSPS) is 11.4. The number of anilines is 1. The van der Waals surface area contributed by atoms with E-state index in [1.807, 2.05) is 6.07 Å². The van der Waals surface area contributed by atoms with Crippen LogP contribution in [0.25, 0.3) is 0 Å². The lowest BCUT2D eigenvalue weighted by molar-refractivity contribution is -0.122. The predicted molar refractivity (Wildman–Crippen MR) is 88.6 cm³/mol. The quantitative estimate of drug-likeness (QED) is 0.739. The maximum absolute atomic E-state index is 12.2.